The minimum atomic E-state index is -4.96. The summed E-state index contributed by atoms with van der Waals surface area (Å²) in [6.45, 7) is 9.57. The molecule has 0 heterocycles. The minimum Gasteiger partial charge on any atom is -0.462 e. The van der Waals surface area contributed by atoms with Gasteiger partial charge in [-0.1, -0.05) is 388 Å². The molecule has 3 unspecified atom stereocenters. The molecule has 0 bridgehead atoms. The lowest BCUT2D eigenvalue weighted by Gasteiger charge is -2.21. The van der Waals surface area contributed by atoms with Crippen LogP contribution in [-0.2, 0) is 65.4 Å². The molecule has 102 heavy (non-hydrogen) atoms. The Morgan fingerprint density at radius 2 is 0.500 bits per heavy atom. The molecule has 0 spiro atoms. The van der Waals surface area contributed by atoms with Gasteiger partial charge in [0.05, 0.1) is 26.4 Å². The zero-order chi connectivity index (χ0) is 74.9. The van der Waals surface area contributed by atoms with Crippen LogP contribution >= 0.6 is 15.6 Å². The summed E-state index contributed by atoms with van der Waals surface area (Å²) >= 11 is 0. The van der Waals surface area contributed by atoms with Crippen molar-refractivity contribution < 1.29 is 80.2 Å². The zero-order valence-corrected chi connectivity index (χ0v) is 68.7. The summed E-state index contributed by atoms with van der Waals surface area (Å²) in [6.07, 6.45) is 65.5. The second kappa shape index (κ2) is 74.5. The predicted octanol–water partition coefficient (Wildman–Crippen LogP) is 25.1. The summed E-state index contributed by atoms with van der Waals surface area (Å²) < 4.78 is 68.7. The van der Waals surface area contributed by atoms with E-state index in [2.05, 4.69) is 41.5 Å². The van der Waals surface area contributed by atoms with E-state index >= 15 is 0 Å². The highest BCUT2D eigenvalue weighted by atomic mass is 31.2. The molecule has 0 saturated carbocycles. The maximum absolute atomic E-state index is 13.1. The van der Waals surface area contributed by atoms with Crippen LogP contribution in [0.5, 0.6) is 0 Å². The van der Waals surface area contributed by atoms with Gasteiger partial charge in [-0.25, -0.2) is 9.13 Å². The molecular weight excluding hydrogens is 1330 g/mol. The highest BCUT2D eigenvalue weighted by Gasteiger charge is 2.30. The average molecular weight is 1490 g/mol. The third kappa shape index (κ3) is 74.9. The molecule has 0 aromatic heterocycles. The second-order valence-corrected chi connectivity index (χ2v) is 33.5. The van der Waals surface area contributed by atoms with E-state index in [-0.39, 0.29) is 25.7 Å². The van der Waals surface area contributed by atoms with Crippen molar-refractivity contribution in [2.24, 2.45) is 11.8 Å². The average Bonchev–Trinajstić information content (AvgIpc) is 0.943. The molecular formula is C83H162O17P2. The molecule has 0 aliphatic heterocycles. The van der Waals surface area contributed by atoms with Crippen molar-refractivity contribution in [2.45, 2.75) is 458 Å². The first-order chi connectivity index (χ1) is 49.4. The summed E-state index contributed by atoms with van der Waals surface area (Å²) in [4.78, 5) is 73.0. The molecule has 0 aromatic rings. The van der Waals surface area contributed by atoms with Gasteiger partial charge in [-0.05, 0) is 37.5 Å². The standard InChI is InChI=1S/C83H162O17P2/c1-7-10-12-14-16-18-20-22-24-26-28-30-32-34-36-38-42-46-53-59-65-80(85)93-71-78(99-82(87)67-61-55-47-43-39-37-35-33-31-29-27-25-23-21-19-17-15-13-11-8-2)73-97-101(89,90)95-69-77(84)70-96-102(91,92)98-74-79(72-94-81(86)66-60-54-50-49-52-58-64-76(6)9-3)100-83(88)68-62-56-48-44-40-41-45-51-57-63-75(4)5/h75-79,84H,7-74H2,1-6H3,(H,89,90)(H,91,92)/t76?,77-,78-,79-/m1/s1. The number of unbranched alkanes of at least 4 members (excludes halogenated alkanes) is 51. The van der Waals surface area contributed by atoms with Crippen LogP contribution in [-0.4, -0.2) is 96.7 Å². The molecule has 0 amide bonds. The number of hydrogen-bond acceptors (Lipinski definition) is 15. The largest absolute Gasteiger partial charge is 0.472 e. The van der Waals surface area contributed by atoms with Crippen LogP contribution < -0.4 is 0 Å². The van der Waals surface area contributed by atoms with Crippen molar-refractivity contribution in [3.8, 4) is 0 Å². The Morgan fingerprint density at radius 1 is 0.284 bits per heavy atom. The van der Waals surface area contributed by atoms with Gasteiger partial charge in [-0.3, -0.25) is 37.3 Å². The van der Waals surface area contributed by atoms with Crippen LogP contribution in [0.15, 0.2) is 0 Å². The number of carbonyl (C=O) groups is 4. The third-order valence-electron chi connectivity index (χ3n) is 19.8. The summed E-state index contributed by atoms with van der Waals surface area (Å²) in [5.74, 6) is -0.643. The van der Waals surface area contributed by atoms with E-state index in [1.807, 2.05) is 0 Å². The monoisotopic (exact) mass is 1490 g/mol. The van der Waals surface area contributed by atoms with E-state index in [1.165, 1.54) is 250 Å². The van der Waals surface area contributed by atoms with E-state index in [0.29, 0.717) is 25.7 Å². The Kier molecular flexibility index (Phi) is 73.1. The number of carbonyl (C=O) groups excluding carboxylic acids is 4. The van der Waals surface area contributed by atoms with Crippen molar-refractivity contribution in [1.82, 2.24) is 0 Å². The topological polar surface area (TPSA) is 237 Å². The van der Waals surface area contributed by atoms with Crippen molar-refractivity contribution in [3.63, 3.8) is 0 Å². The fourth-order valence-corrected chi connectivity index (χ4v) is 14.4. The van der Waals surface area contributed by atoms with Crippen LogP contribution in [0.4, 0.5) is 0 Å². The molecule has 17 nitrogen and oxygen atoms in total. The van der Waals surface area contributed by atoms with Gasteiger partial charge < -0.3 is 33.8 Å². The van der Waals surface area contributed by atoms with Crippen LogP contribution in [0.3, 0.4) is 0 Å². The number of phosphoric ester groups is 2. The fourth-order valence-electron chi connectivity index (χ4n) is 12.9. The summed E-state index contributed by atoms with van der Waals surface area (Å²) in [7, 11) is -9.92. The van der Waals surface area contributed by atoms with Crippen molar-refractivity contribution in [2.75, 3.05) is 39.6 Å². The van der Waals surface area contributed by atoms with Gasteiger partial charge >= 0.3 is 39.5 Å². The lowest BCUT2D eigenvalue weighted by Crippen LogP contribution is -2.30. The Bertz CT molecular complexity index is 1960. The molecule has 0 saturated heterocycles. The van der Waals surface area contributed by atoms with Crippen LogP contribution in [0.1, 0.15) is 440 Å². The lowest BCUT2D eigenvalue weighted by atomic mass is 10.00. The molecule has 6 atom stereocenters. The number of hydrogen-bond donors (Lipinski definition) is 3. The smallest absolute Gasteiger partial charge is 0.462 e. The maximum Gasteiger partial charge on any atom is 0.472 e. The number of aliphatic hydroxyl groups excluding tert-OH is 1. The quantitative estimate of drug-likeness (QED) is 0.0222. The summed E-state index contributed by atoms with van der Waals surface area (Å²) in [6, 6.07) is 0. The molecule has 0 aliphatic carbocycles. The minimum absolute atomic E-state index is 0.105. The van der Waals surface area contributed by atoms with Crippen molar-refractivity contribution >= 4 is 39.5 Å². The third-order valence-corrected chi connectivity index (χ3v) is 21.7. The summed E-state index contributed by atoms with van der Waals surface area (Å²) in [5.41, 5.74) is 0. The number of phosphoric acid groups is 2. The molecule has 606 valence electrons. The first kappa shape index (κ1) is 100. The number of esters is 4. The fraction of sp³-hybridized carbons (Fsp3) is 0.952. The maximum atomic E-state index is 13.1. The lowest BCUT2D eigenvalue weighted by molar-refractivity contribution is -0.161. The molecule has 0 rings (SSSR count). The SMILES string of the molecule is CCCCCCCCCCCCCCCCCCCCCCC(=O)OC[C@H](COP(=O)(O)OC[C@@H](O)COP(=O)(O)OC[C@@H](COC(=O)CCCCCCCCC(C)CC)OC(=O)CCCCCCCCCCCC(C)C)OC(=O)CCCCCCCCCCCCCCCCCCCCCC. The van der Waals surface area contributed by atoms with E-state index in [4.69, 9.17) is 37.0 Å². The zero-order valence-electron chi connectivity index (χ0n) is 66.9. The Labute approximate surface area is 626 Å². The van der Waals surface area contributed by atoms with Crippen LogP contribution in [0.2, 0.25) is 0 Å². The Hall–Kier alpha value is -1.94. The van der Waals surface area contributed by atoms with Gasteiger partial charge in [0.25, 0.3) is 0 Å². The molecule has 0 fully saturated rings. The first-order valence-corrected chi connectivity index (χ1v) is 46.0. The van der Waals surface area contributed by atoms with Crippen LogP contribution in [0, 0.1) is 11.8 Å². The van der Waals surface area contributed by atoms with Gasteiger partial charge in [0.2, 0.25) is 0 Å². The number of aliphatic hydroxyl groups is 1. The van der Waals surface area contributed by atoms with Crippen LogP contribution in [0.25, 0.3) is 0 Å². The Balaban J connectivity index is 5.21. The van der Waals surface area contributed by atoms with E-state index < -0.39 is 97.5 Å². The highest BCUT2D eigenvalue weighted by Crippen LogP contribution is 2.45. The predicted molar refractivity (Wildman–Crippen MR) is 418 cm³/mol. The molecule has 19 heteroatoms. The van der Waals surface area contributed by atoms with Gasteiger partial charge in [-0.2, -0.15) is 0 Å². The van der Waals surface area contributed by atoms with Gasteiger partial charge in [0.1, 0.15) is 19.3 Å². The van der Waals surface area contributed by atoms with Gasteiger partial charge in [0.15, 0.2) is 12.2 Å². The van der Waals surface area contributed by atoms with Gasteiger partial charge in [-0.15, -0.1) is 0 Å². The number of rotatable bonds is 82. The normalized spacial score (nSPS) is 14.1. The van der Waals surface area contributed by atoms with Crippen molar-refractivity contribution in [3.05, 3.63) is 0 Å². The molecule has 0 aliphatic rings. The van der Waals surface area contributed by atoms with Crippen molar-refractivity contribution in [1.29, 1.82) is 0 Å². The molecule has 0 aromatic carbocycles. The highest BCUT2D eigenvalue weighted by molar-refractivity contribution is 7.47. The second-order valence-electron chi connectivity index (χ2n) is 30.6. The first-order valence-electron chi connectivity index (χ1n) is 43.0. The van der Waals surface area contributed by atoms with E-state index in [0.717, 1.165) is 108 Å². The van der Waals surface area contributed by atoms with Gasteiger partial charge in [0, 0.05) is 25.7 Å². The van der Waals surface area contributed by atoms with E-state index in [9.17, 15) is 43.2 Å². The van der Waals surface area contributed by atoms with E-state index in [1.54, 1.807) is 0 Å². The number of ether oxygens (including phenoxy) is 4. The molecule has 0 radical (unpaired) electrons. The summed E-state index contributed by atoms with van der Waals surface area (Å²) in [5, 5.41) is 10.6. The molecule has 3 N–H and O–H groups in total. The Morgan fingerprint density at radius 3 is 0.745 bits per heavy atom.